The number of nitrogens with zero attached hydrogens (tertiary/aromatic N) is 2. The molecule has 9 heteroatoms. The first kappa shape index (κ1) is 16.1. The molecule has 2 amide bonds. The van der Waals surface area contributed by atoms with Crippen LogP contribution in [0.2, 0.25) is 0 Å². The molecule has 3 N–H and O–H groups in total. The van der Waals surface area contributed by atoms with Gasteiger partial charge in [0, 0.05) is 24.7 Å². The number of aromatic amines is 2. The molecule has 1 aliphatic heterocycles. The molecule has 2 fully saturated rings. The van der Waals surface area contributed by atoms with Gasteiger partial charge in [0.1, 0.15) is 10.6 Å². The van der Waals surface area contributed by atoms with Gasteiger partial charge in [-0.1, -0.05) is 0 Å². The van der Waals surface area contributed by atoms with Gasteiger partial charge in [-0.2, -0.15) is 0 Å². The minimum Gasteiger partial charge on any atom is -0.342 e. The molecule has 0 atom stereocenters. The second kappa shape index (κ2) is 5.55. The van der Waals surface area contributed by atoms with Gasteiger partial charge in [0.15, 0.2) is 0 Å². The summed E-state index contributed by atoms with van der Waals surface area (Å²) in [5, 5.41) is 3.95. The van der Waals surface area contributed by atoms with Crippen LogP contribution in [0.4, 0.5) is 0 Å². The maximum Gasteiger partial charge on any atom is 0.323 e. The number of hydrogen-bond acceptors (Lipinski definition) is 5. The molecule has 2 aromatic rings. The summed E-state index contributed by atoms with van der Waals surface area (Å²) in [6.45, 7) is 4.41. The molecular formula is C16H19N5O3S. The molecule has 0 radical (unpaired) electrons. The van der Waals surface area contributed by atoms with Crippen LogP contribution >= 0.6 is 11.3 Å². The molecule has 132 valence electrons. The van der Waals surface area contributed by atoms with Crippen molar-refractivity contribution < 1.29 is 9.59 Å². The van der Waals surface area contributed by atoms with Crippen LogP contribution in [0.15, 0.2) is 11.0 Å². The first-order valence-electron chi connectivity index (χ1n) is 8.21. The molecule has 2 aromatic heterocycles. The van der Waals surface area contributed by atoms with Gasteiger partial charge in [0.2, 0.25) is 0 Å². The topological polar surface area (TPSA) is 111 Å². The first-order valence-corrected chi connectivity index (χ1v) is 9.03. The van der Waals surface area contributed by atoms with E-state index in [0.29, 0.717) is 29.6 Å². The maximum absolute atomic E-state index is 12.5. The monoisotopic (exact) mass is 361 g/mol. The van der Waals surface area contributed by atoms with E-state index >= 15 is 0 Å². The Labute approximate surface area is 147 Å². The van der Waals surface area contributed by atoms with Gasteiger partial charge in [-0.15, -0.1) is 11.3 Å². The Morgan fingerprint density at radius 3 is 2.68 bits per heavy atom. The third kappa shape index (κ3) is 2.99. The zero-order valence-electron chi connectivity index (χ0n) is 14.0. The minimum absolute atomic E-state index is 0.0395. The lowest BCUT2D eigenvalue weighted by atomic mass is 9.91. The molecule has 3 heterocycles. The van der Waals surface area contributed by atoms with Crippen molar-refractivity contribution in [3.8, 4) is 0 Å². The highest BCUT2D eigenvalue weighted by Gasteiger charge is 2.43. The lowest BCUT2D eigenvalue weighted by molar-refractivity contribution is 0.0334. The number of aromatic nitrogens is 3. The number of thiazole rings is 1. The minimum atomic E-state index is -0.503. The van der Waals surface area contributed by atoms with E-state index in [1.807, 2.05) is 6.92 Å². The average Bonchev–Trinajstić information content (AvgIpc) is 3.15. The number of carbonyl (C=O) groups excluding carboxylic acids is 2. The number of amides is 2. The molecule has 1 aliphatic carbocycles. The van der Waals surface area contributed by atoms with Crippen LogP contribution in [0, 0.1) is 6.92 Å². The van der Waals surface area contributed by atoms with E-state index in [2.05, 4.69) is 20.3 Å². The second-order valence-corrected chi connectivity index (χ2v) is 8.15. The summed E-state index contributed by atoms with van der Waals surface area (Å²) < 4.78 is 0. The van der Waals surface area contributed by atoms with E-state index in [1.165, 1.54) is 11.3 Å². The van der Waals surface area contributed by atoms with E-state index in [4.69, 9.17) is 0 Å². The Hall–Kier alpha value is -2.42. The predicted molar refractivity (Wildman–Crippen MR) is 92.0 cm³/mol. The molecule has 1 saturated heterocycles. The van der Waals surface area contributed by atoms with Crippen LogP contribution in [0.3, 0.4) is 0 Å². The normalized spacial score (nSPS) is 18.7. The van der Waals surface area contributed by atoms with E-state index < -0.39 is 11.2 Å². The lowest BCUT2D eigenvalue weighted by Crippen LogP contribution is -2.69. The van der Waals surface area contributed by atoms with Crippen LogP contribution in [0.25, 0.3) is 0 Å². The van der Waals surface area contributed by atoms with Crippen LogP contribution < -0.4 is 11.0 Å². The van der Waals surface area contributed by atoms with Crippen molar-refractivity contribution in [3.05, 3.63) is 38.0 Å². The summed E-state index contributed by atoms with van der Waals surface area (Å²) in [6, 6.07) is 0. The number of H-pyrrole nitrogens is 2. The number of likely N-dealkylation sites (tertiary alicyclic amines) is 1. The summed E-state index contributed by atoms with van der Waals surface area (Å²) in [4.78, 5) is 47.8. The second-order valence-electron chi connectivity index (χ2n) is 7.09. The molecule has 4 rings (SSSR count). The van der Waals surface area contributed by atoms with Crippen molar-refractivity contribution in [1.82, 2.24) is 25.2 Å². The molecule has 0 aromatic carbocycles. The quantitative estimate of drug-likeness (QED) is 0.754. The summed E-state index contributed by atoms with van der Waals surface area (Å²) in [5.41, 5.74) is -0.185. The smallest absolute Gasteiger partial charge is 0.323 e. The largest absolute Gasteiger partial charge is 0.342 e. The number of imidazole rings is 1. The average molecular weight is 361 g/mol. The highest BCUT2D eigenvalue weighted by atomic mass is 32.1. The fraction of sp³-hybridized carbons (Fsp3) is 0.500. The van der Waals surface area contributed by atoms with Gasteiger partial charge in [0.05, 0.1) is 16.7 Å². The third-order valence-electron chi connectivity index (χ3n) is 4.58. The maximum atomic E-state index is 12.5. The van der Waals surface area contributed by atoms with Crippen LogP contribution in [-0.2, 0) is 0 Å². The van der Waals surface area contributed by atoms with E-state index in [1.54, 1.807) is 18.0 Å². The van der Waals surface area contributed by atoms with Gasteiger partial charge in [-0.3, -0.25) is 9.59 Å². The van der Waals surface area contributed by atoms with Crippen molar-refractivity contribution in [2.75, 3.05) is 13.1 Å². The van der Waals surface area contributed by atoms with Gasteiger partial charge in [0.25, 0.3) is 11.8 Å². The summed E-state index contributed by atoms with van der Waals surface area (Å²) in [6.07, 6.45) is 3.98. The third-order valence-corrected chi connectivity index (χ3v) is 5.73. The highest BCUT2D eigenvalue weighted by Crippen LogP contribution is 2.42. The Bertz CT molecular complexity index is 901. The Kier molecular flexibility index (Phi) is 3.57. The Morgan fingerprint density at radius 2 is 2.08 bits per heavy atom. The molecule has 0 spiro atoms. The fourth-order valence-electron chi connectivity index (χ4n) is 3.12. The zero-order chi connectivity index (χ0) is 17.8. The number of carbonyl (C=O) groups is 2. The van der Waals surface area contributed by atoms with E-state index in [-0.39, 0.29) is 17.5 Å². The molecule has 1 saturated carbocycles. The van der Waals surface area contributed by atoms with Crippen LogP contribution in [0.5, 0.6) is 0 Å². The Morgan fingerprint density at radius 1 is 1.36 bits per heavy atom. The lowest BCUT2D eigenvalue weighted by Gasteiger charge is -2.48. The molecular weight excluding hydrogens is 342 g/mol. The van der Waals surface area contributed by atoms with E-state index in [0.717, 1.165) is 17.8 Å². The number of aryl methyl sites for hydroxylation is 1. The molecule has 25 heavy (non-hydrogen) atoms. The van der Waals surface area contributed by atoms with Crippen molar-refractivity contribution >= 4 is 23.2 Å². The van der Waals surface area contributed by atoms with Crippen molar-refractivity contribution in [3.63, 3.8) is 0 Å². The summed E-state index contributed by atoms with van der Waals surface area (Å²) in [7, 11) is 0. The van der Waals surface area contributed by atoms with Crippen LogP contribution in [-0.4, -0.2) is 50.3 Å². The number of nitrogens with one attached hydrogen (secondary N) is 3. The van der Waals surface area contributed by atoms with Gasteiger partial charge in [-0.05, 0) is 26.7 Å². The molecule has 8 nitrogen and oxygen atoms in total. The van der Waals surface area contributed by atoms with Crippen molar-refractivity contribution in [2.45, 2.75) is 38.1 Å². The fourth-order valence-corrected chi connectivity index (χ4v) is 4.17. The van der Waals surface area contributed by atoms with Crippen molar-refractivity contribution in [2.24, 2.45) is 0 Å². The summed E-state index contributed by atoms with van der Waals surface area (Å²) in [5.74, 6) is 0.154. The number of rotatable bonds is 4. The van der Waals surface area contributed by atoms with E-state index in [9.17, 15) is 14.4 Å². The van der Waals surface area contributed by atoms with Crippen molar-refractivity contribution in [1.29, 1.82) is 0 Å². The first-order chi connectivity index (χ1) is 11.8. The molecule has 0 unspecified atom stereocenters. The number of hydrogen-bond donors (Lipinski definition) is 3. The predicted octanol–water partition coefficient (Wildman–Crippen LogP) is 0.990. The summed E-state index contributed by atoms with van der Waals surface area (Å²) >= 11 is 1.47. The highest BCUT2D eigenvalue weighted by molar-refractivity contribution is 7.13. The standard InChI is InChI=1S/C16H19N5O3S/c1-8-11(19-15(24)18-8)12(22)20-16(2)6-21(7-16)14(23)10-5-17-13(25-10)9-3-4-9/h5,9H,3-4,6-7H2,1-2H3,(H,20,22)(H2,18,19,24). The zero-order valence-corrected chi connectivity index (χ0v) is 14.8. The van der Waals surface area contributed by atoms with Crippen LogP contribution in [0.1, 0.15) is 56.5 Å². The van der Waals surface area contributed by atoms with Gasteiger partial charge < -0.3 is 20.2 Å². The molecule has 0 bridgehead atoms. The van der Waals surface area contributed by atoms with Gasteiger partial charge in [-0.25, -0.2) is 9.78 Å². The van der Waals surface area contributed by atoms with Gasteiger partial charge >= 0.3 is 5.69 Å². The SMILES string of the molecule is Cc1[nH]c(=O)[nH]c1C(=O)NC1(C)CN(C(=O)c2cnc(C3CC3)s2)C1. The Balaban J connectivity index is 1.37. The molecule has 2 aliphatic rings.